The maximum atomic E-state index is 12.6. The molecule has 8 heteroatoms. The highest BCUT2D eigenvalue weighted by molar-refractivity contribution is 8.00. The molecule has 0 bridgehead atoms. The van der Waals surface area contributed by atoms with Crippen molar-refractivity contribution in [3.63, 3.8) is 0 Å². The number of anilines is 1. The number of aromatic nitrogens is 4. The van der Waals surface area contributed by atoms with Crippen LogP contribution in [0.1, 0.15) is 37.6 Å². The molecule has 0 radical (unpaired) electrons. The smallest absolute Gasteiger partial charge is 0.237 e. The molecule has 0 spiro atoms. The quantitative estimate of drug-likeness (QED) is 0.445. The number of Topliss-reactive ketones (excluding diaryl/α,β-unsaturated/α-hetero) is 1. The molecule has 0 aliphatic heterocycles. The van der Waals surface area contributed by atoms with Gasteiger partial charge in [0.2, 0.25) is 5.91 Å². The van der Waals surface area contributed by atoms with Crippen molar-refractivity contribution in [2.75, 3.05) is 5.32 Å². The highest BCUT2D eigenvalue weighted by Crippen LogP contribution is 2.27. The number of hydrogen-bond acceptors (Lipinski definition) is 6. The monoisotopic (exact) mass is 409 g/mol. The Morgan fingerprint density at radius 1 is 1.10 bits per heavy atom. The number of nitrogens with zero attached hydrogens (tertiary/aromatic N) is 4. The molecule has 1 N–H and O–H groups in total. The first kappa shape index (κ1) is 20.7. The first-order chi connectivity index (χ1) is 14.0. The van der Waals surface area contributed by atoms with Crippen molar-refractivity contribution in [3.05, 3.63) is 54.4 Å². The highest BCUT2D eigenvalue weighted by atomic mass is 32.2. The van der Waals surface area contributed by atoms with E-state index in [0.717, 1.165) is 24.4 Å². The summed E-state index contributed by atoms with van der Waals surface area (Å²) in [6, 6.07) is 10.7. The van der Waals surface area contributed by atoms with Crippen LogP contribution in [0.3, 0.4) is 0 Å². The van der Waals surface area contributed by atoms with Gasteiger partial charge >= 0.3 is 0 Å². The molecule has 0 saturated heterocycles. The summed E-state index contributed by atoms with van der Waals surface area (Å²) in [7, 11) is 0. The summed E-state index contributed by atoms with van der Waals surface area (Å²) in [6.45, 7) is 6.19. The number of rotatable bonds is 8. The van der Waals surface area contributed by atoms with Crippen LogP contribution in [-0.4, -0.2) is 36.7 Å². The van der Waals surface area contributed by atoms with Gasteiger partial charge in [0.05, 0.1) is 5.25 Å². The Hall–Kier alpha value is -3.00. The van der Waals surface area contributed by atoms with E-state index < -0.39 is 0 Å². The third-order valence-electron chi connectivity index (χ3n) is 4.31. The Bertz CT molecular complexity index is 986. The fraction of sp³-hybridized carbons (Fsp3) is 0.286. The minimum atomic E-state index is -0.368. The van der Waals surface area contributed by atoms with Crippen LogP contribution < -0.4 is 5.32 Å². The molecule has 2 aromatic heterocycles. The third kappa shape index (κ3) is 5.08. The summed E-state index contributed by atoms with van der Waals surface area (Å²) in [5.41, 5.74) is 2.21. The number of benzene rings is 1. The fourth-order valence-corrected chi connectivity index (χ4v) is 3.63. The zero-order valence-corrected chi connectivity index (χ0v) is 17.4. The second kappa shape index (κ2) is 9.47. The molecule has 0 saturated carbocycles. The van der Waals surface area contributed by atoms with E-state index in [-0.39, 0.29) is 16.9 Å². The predicted octanol–water partition coefficient (Wildman–Crippen LogP) is 4.07. The predicted molar refractivity (Wildman–Crippen MR) is 114 cm³/mol. The van der Waals surface area contributed by atoms with Crippen LogP contribution in [0.4, 0.5) is 5.69 Å². The summed E-state index contributed by atoms with van der Waals surface area (Å²) in [4.78, 5) is 28.0. The zero-order valence-electron chi connectivity index (χ0n) is 16.6. The molecule has 1 amide bonds. The van der Waals surface area contributed by atoms with Crippen molar-refractivity contribution < 1.29 is 9.59 Å². The number of nitrogens with one attached hydrogen (secondary N) is 1. The van der Waals surface area contributed by atoms with Crippen LogP contribution in [0.25, 0.3) is 11.4 Å². The van der Waals surface area contributed by atoms with Gasteiger partial charge in [-0.05, 0) is 56.7 Å². The maximum Gasteiger partial charge on any atom is 0.237 e. The van der Waals surface area contributed by atoms with Gasteiger partial charge in [-0.15, -0.1) is 10.2 Å². The molecule has 3 rings (SSSR count). The normalized spacial score (nSPS) is 11.8. The molecular formula is C21H23N5O2S. The van der Waals surface area contributed by atoms with Crippen LogP contribution in [-0.2, 0) is 11.3 Å². The van der Waals surface area contributed by atoms with Gasteiger partial charge < -0.3 is 9.88 Å². The van der Waals surface area contributed by atoms with Gasteiger partial charge in [-0.3, -0.25) is 14.6 Å². The largest absolute Gasteiger partial charge is 0.325 e. The van der Waals surface area contributed by atoms with Gasteiger partial charge in [-0.1, -0.05) is 18.7 Å². The molecule has 3 aromatic rings. The maximum absolute atomic E-state index is 12.6. The molecule has 0 aliphatic carbocycles. The zero-order chi connectivity index (χ0) is 20.8. The second-order valence-corrected chi connectivity index (χ2v) is 7.88. The van der Waals surface area contributed by atoms with Crippen molar-refractivity contribution in [3.8, 4) is 11.4 Å². The number of thioether (sulfide) groups is 1. The number of hydrogen-bond donors (Lipinski definition) is 1. The lowest BCUT2D eigenvalue weighted by atomic mass is 10.1. The first-order valence-electron chi connectivity index (χ1n) is 9.41. The van der Waals surface area contributed by atoms with Crippen molar-refractivity contribution in [2.24, 2.45) is 0 Å². The van der Waals surface area contributed by atoms with Crippen molar-refractivity contribution in [1.29, 1.82) is 0 Å². The number of carbonyl (C=O) groups is 2. The SMILES string of the molecule is CCCn1c(SC(C)C(=O)Nc2ccc(C(C)=O)cc2)nnc1-c1ccncc1. The van der Waals surface area contributed by atoms with E-state index >= 15 is 0 Å². The Labute approximate surface area is 174 Å². The van der Waals surface area contributed by atoms with Crippen LogP contribution in [0.15, 0.2) is 53.9 Å². The lowest BCUT2D eigenvalue weighted by Gasteiger charge is -2.13. The van der Waals surface area contributed by atoms with E-state index in [2.05, 4.69) is 27.4 Å². The molecule has 29 heavy (non-hydrogen) atoms. The Morgan fingerprint density at radius 3 is 2.41 bits per heavy atom. The lowest BCUT2D eigenvalue weighted by molar-refractivity contribution is -0.115. The molecule has 1 unspecified atom stereocenters. The van der Waals surface area contributed by atoms with E-state index in [4.69, 9.17) is 0 Å². The molecule has 0 aliphatic rings. The van der Waals surface area contributed by atoms with E-state index in [1.807, 2.05) is 23.6 Å². The number of ketones is 1. The third-order valence-corrected chi connectivity index (χ3v) is 5.39. The van der Waals surface area contributed by atoms with Gasteiger partial charge in [0.15, 0.2) is 16.8 Å². The fourth-order valence-electron chi connectivity index (χ4n) is 2.76. The molecule has 7 nitrogen and oxygen atoms in total. The average molecular weight is 410 g/mol. The van der Waals surface area contributed by atoms with Crippen LogP contribution >= 0.6 is 11.8 Å². The van der Waals surface area contributed by atoms with Gasteiger partial charge in [-0.2, -0.15) is 0 Å². The minimum Gasteiger partial charge on any atom is -0.325 e. The molecule has 2 heterocycles. The summed E-state index contributed by atoms with van der Waals surface area (Å²) in [6.07, 6.45) is 4.37. The topological polar surface area (TPSA) is 89.8 Å². The summed E-state index contributed by atoms with van der Waals surface area (Å²) in [5, 5.41) is 11.9. The van der Waals surface area contributed by atoms with Crippen molar-refractivity contribution in [2.45, 2.75) is 44.1 Å². The summed E-state index contributed by atoms with van der Waals surface area (Å²) < 4.78 is 2.03. The first-order valence-corrected chi connectivity index (χ1v) is 10.3. The molecule has 1 atom stereocenters. The van der Waals surface area contributed by atoms with Gasteiger partial charge in [0, 0.05) is 35.8 Å². The Kier molecular flexibility index (Phi) is 6.77. The Morgan fingerprint density at radius 2 is 1.79 bits per heavy atom. The van der Waals surface area contributed by atoms with E-state index in [0.29, 0.717) is 16.4 Å². The van der Waals surface area contributed by atoms with Crippen LogP contribution in [0, 0.1) is 0 Å². The molecule has 1 aromatic carbocycles. The van der Waals surface area contributed by atoms with E-state index in [1.165, 1.54) is 18.7 Å². The van der Waals surface area contributed by atoms with Gasteiger partial charge in [-0.25, -0.2) is 0 Å². The van der Waals surface area contributed by atoms with E-state index in [9.17, 15) is 9.59 Å². The van der Waals surface area contributed by atoms with Crippen LogP contribution in [0.5, 0.6) is 0 Å². The number of carbonyl (C=O) groups excluding carboxylic acids is 2. The molecular weight excluding hydrogens is 386 g/mol. The lowest BCUT2D eigenvalue weighted by Crippen LogP contribution is -2.23. The van der Waals surface area contributed by atoms with Gasteiger partial charge in [0.1, 0.15) is 0 Å². The van der Waals surface area contributed by atoms with Crippen molar-refractivity contribution >= 4 is 29.1 Å². The summed E-state index contributed by atoms with van der Waals surface area (Å²) >= 11 is 1.37. The standard InChI is InChI=1S/C21H23N5O2S/c1-4-13-26-19(17-9-11-22-12-10-17)24-25-21(26)29-15(3)20(28)23-18-7-5-16(6-8-18)14(2)27/h5-12,15H,4,13H2,1-3H3,(H,23,28). The highest BCUT2D eigenvalue weighted by Gasteiger charge is 2.20. The number of pyridine rings is 1. The Balaban J connectivity index is 1.72. The molecule has 150 valence electrons. The van der Waals surface area contributed by atoms with E-state index in [1.54, 1.807) is 36.7 Å². The average Bonchev–Trinajstić information content (AvgIpc) is 3.11. The minimum absolute atomic E-state index is 0.00735. The van der Waals surface area contributed by atoms with Crippen LogP contribution in [0.2, 0.25) is 0 Å². The second-order valence-electron chi connectivity index (χ2n) is 6.58. The number of amides is 1. The van der Waals surface area contributed by atoms with Crippen molar-refractivity contribution in [1.82, 2.24) is 19.7 Å². The summed E-state index contributed by atoms with van der Waals surface area (Å²) in [5.74, 6) is 0.623. The molecule has 0 fully saturated rings. The van der Waals surface area contributed by atoms with Gasteiger partial charge in [0.25, 0.3) is 0 Å².